The molecule has 2 fully saturated rings. The molecule has 2 unspecified atom stereocenters. The molecular weight excluding hydrogens is 254 g/mol. The number of hydrogen-bond acceptors (Lipinski definition) is 3. The lowest BCUT2D eigenvalue weighted by Crippen LogP contribution is -2.70. The van der Waals surface area contributed by atoms with Crippen molar-refractivity contribution in [3.05, 3.63) is 6.42 Å². The molecule has 2 heterocycles. The molecule has 0 aliphatic carbocycles. The number of nitrogens with zero attached hydrogens (tertiary/aromatic N) is 2. The van der Waals surface area contributed by atoms with Crippen LogP contribution in [0.3, 0.4) is 0 Å². The van der Waals surface area contributed by atoms with Crippen LogP contribution in [0, 0.1) is 12.3 Å². The zero-order chi connectivity index (χ0) is 14.8. The topological polar surface area (TPSA) is 63.4 Å². The van der Waals surface area contributed by atoms with Crippen molar-refractivity contribution < 1.29 is 14.2 Å². The van der Waals surface area contributed by atoms with Crippen molar-refractivity contribution >= 4 is 11.8 Å². The third kappa shape index (κ3) is 2.61. The van der Waals surface area contributed by atoms with Gasteiger partial charge in [0.15, 0.2) is 0 Å². The fraction of sp³-hybridized carbons (Fsp3) is 0.800. The van der Waals surface area contributed by atoms with E-state index < -0.39 is 0 Å². The van der Waals surface area contributed by atoms with E-state index in [9.17, 15) is 9.59 Å². The van der Waals surface area contributed by atoms with Gasteiger partial charge in [-0.05, 0) is 39.0 Å². The highest BCUT2D eigenvalue weighted by Crippen LogP contribution is 2.32. The number of carbonyl (C=O) groups is 2. The number of nitrogens with two attached hydrogens (primary N) is 1. The second-order valence-electron chi connectivity index (χ2n) is 6.12. The average Bonchev–Trinajstić information content (AvgIpc) is 2.47. The number of carbonyl (C=O) groups excluding carboxylic acids is 2. The van der Waals surface area contributed by atoms with E-state index in [1.165, 1.54) is 0 Å². The van der Waals surface area contributed by atoms with Gasteiger partial charge in [-0.3, -0.25) is 4.79 Å². The molecule has 5 heteroatoms. The smallest absolute Gasteiger partial charge is 0.337 e. The van der Waals surface area contributed by atoms with Crippen molar-refractivity contribution in [2.24, 2.45) is 11.7 Å². The molecule has 5 nitrogen and oxygen atoms in total. The number of amides is 2. The third-order valence-corrected chi connectivity index (χ3v) is 5.10. The monoisotopic (exact) mass is 281 g/mol. The second-order valence-corrected chi connectivity index (χ2v) is 6.12. The Labute approximate surface area is 121 Å². The summed E-state index contributed by atoms with van der Waals surface area (Å²) in [6, 6.07) is 0.296. The summed E-state index contributed by atoms with van der Waals surface area (Å²) < 4.78 is 0.460. The van der Waals surface area contributed by atoms with Crippen molar-refractivity contribution in [1.82, 2.24) is 5.01 Å². The van der Waals surface area contributed by atoms with Crippen LogP contribution in [0.5, 0.6) is 0 Å². The summed E-state index contributed by atoms with van der Waals surface area (Å²) in [5.74, 6) is 0.0199. The number of rotatable bonds is 4. The molecule has 1 radical (unpaired) electrons. The first kappa shape index (κ1) is 15.4. The van der Waals surface area contributed by atoms with Gasteiger partial charge in [-0.15, -0.1) is 5.01 Å². The predicted molar refractivity (Wildman–Crippen MR) is 76.9 cm³/mol. The van der Waals surface area contributed by atoms with E-state index in [0.29, 0.717) is 10.6 Å². The molecule has 20 heavy (non-hydrogen) atoms. The molecule has 0 spiro atoms. The summed E-state index contributed by atoms with van der Waals surface area (Å²) in [6.45, 7) is 6.78. The Hall–Kier alpha value is -0.940. The minimum Gasteiger partial charge on any atom is -0.369 e. The fourth-order valence-corrected chi connectivity index (χ4v) is 3.63. The Morgan fingerprint density at radius 1 is 1.50 bits per heavy atom. The van der Waals surface area contributed by atoms with E-state index in [-0.39, 0.29) is 17.7 Å². The molecule has 2 saturated heterocycles. The first-order valence-corrected chi connectivity index (χ1v) is 7.82. The largest absolute Gasteiger partial charge is 0.369 e. The molecule has 2 amide bonds. The Morgan fingerprint density at radius 2 is 2.15 bits per heavy atom. The van der Waals surface area contributed by atoms with Gasteiger partial charge >= 0.3 is 5.91 Å². The standard InChI is InChI=1S/C15H26N3O2/c1-3-12(2)18(11-5-4-6-14(18)19)17-9-7-13(8-10-17)15(16)20/h6,12-13H,3-5,7-11H2,1-2H3,(H-,16,20)/p+1. The van der Waals surface area contributed by atoms with E-state index in [4.69, 9.17) is 5.73 Å². The van der Waals surface area contributed by atoms with Crippen molar-refractivity contribution in [1.29, 1.82) is 0 Å². The summed E-state index contributed by atoms with van der Waals surface area (Å²) >= 11 is 0. The number of quaternary nitrogens is 1. The summed E-state index contributed by atoms with van der Waals surface area (Å²) in [7, 11) is 0. The maximum absolute atomic E-state index is 12.6. The Balaban J connectivity index is 2.16. The lowest BCUT2D eigenvalue weighted by Gasteiger charge is -2.50. The van der Waals surface area contributed by atoms with Gasteiger partial charge in [-0.1, -0.05) is 6.92 Å². The lowest BCUT2D eigenvalue weighted by molar-refractivity contribution is -0.990. The van der Waals surface area contributed by atoms with Crippen LogP contribution in [0.25, 0.3) is 0 Å². The van der Waals surface area contributed by atoms with Crippen LogP contribution in [0.4, 0.5) is 0 Å². The Kier molecular flexibility index (Phi) is 4.81. The molecule has 2 rings (SSSR count). The molecule has 113 valence electrons. The molecule has 2 atom stereocenters. The van der Waals surface area contributed by atoms with E-state index in [1.54, 1.807) is 0 Å². The molecule has 2 aliphatic rings. The Morgan fingerprint density at radius 3 is 2.65 bits per heavy atom. The number of piperidine rings is 2. The van der Waals surface area contributed by atoms with E-state index in [0.717, 1.165) is 51.7 Å². The number of hydrogen-bond donors (Lipinski definition) is 1. The van der Waals surface area contributed by atoms with Gasteiger partial charge in [0.25, 0.3) is 0 Å². The number of primary amides is 1. The molecule has 0 bridgehead atoms. The SMILES string of the molecule is CCC(C)[N+]1(N2CCC(C(N)=O)CC2)CCC[CH]C1=O. The highest BCUT2D eigenvalue weighted by atomic mass is 16.2. The molecule has 0 saturated carbocycles. The van der Waals surface area contributed by atoms with Crippen molar-refractivity contribution in [2.75, 3.05) is 19.6 Å². The van der Waals surface area contributed by atoms with E-state index in [1.807, 2.05) is 6.42 Å². The molecule has 2 N–H and O–H groups in total. The molecule has 2 aliphatic heterocycles. The van der Waals surface area contributed by atoms with Crippen LogP contribution >= 0.6 is 0 Å². The molecule has 0 aromatic heterocycles. The van der Waals surface area contributed by atoms with Gasteiger partial charge < -0.3 is 5.73 Å². The highest BCUT2D eigenvalue weighted by Gasteiger charge is 2.49. The molecule has 0 aromatic rings. The Bertz CT molecular complexity index is 377. The van der Waals surface area contributed by atoms with Gasteiger partial charge in [0.1, 0.15) is 12.6 Å². The van der Waals surface area contributed by atoms with Crippen molar-refractivity contribution in [3.63, 3.8) is 0 Å². The predicted octanol–water partition coefficient (Wildman–Crippen LogP) is 1.24. The normalized spacial score (nSPS) is 31.2. The zero-order valence-corrected chi connectivity index (χ0v) is 12.7. The van der Waals surface area contributed by atoms with Crippen LogP contribution in [-0.4, -0.2) is 47.1 Å². The summed E-state index contributed by atoms with van der Waals surface area (Å²) in [5, 5.41) is 2.28. The van der Waals surface area contributed by atoms with E-state index >= 15 is 0 Å². The summed E-state index contributed by atoms with van der Waals surface area (Å²) in [6.07, 6.45) is 6.35. The van der Waals surface area contributed by atoms with Crippen LogP contribution in [0.15, 0.2) is 0 Å². The molecule has 0 aromatic carbocycles. The van der Waals surface area contributed by atoms with Crippen molar-refractivity contribution in [3.8, 4) is 0 Å². The van der Waals surface area contributed by atoms with Crippen LogP contribution in [0.2, 0.25) is 0 Å². The van der Waals surface area contributed by atoms with Crippen LogP contribution in [0.1, 0.15) is 46.0 Å². The number of likely N-dealkylation sites (tertiary alicyclic amines) is 1. The first-order valence-electron chi connectivity index (χ1n) is 7.82. The van der Waals surface area contributed by atoms with Crippen LogP contribution in [-0.2, 0) is 9.59 Å². The summed E-state index contributed by atoms with van der Waals surface area (Å²) in [4.78, 5) is 23.9. The van der Waals surface area contributed by atoms with Gasteiger partial charge in [-0.2, -0.15) is 4.59 Å². The average molecular weight is 281 g/mol. The molecular formula is C15H27N3O2+. The van der Waals surface area contributed by atoms with Crippen molar-refractivity contribution in [2.45, 2.75) is 52.0 Å². The third-order valence-electron chi connectivity index (χ3n) is 5.10. The van der Waals surface area contributed by atoms with Gasteiger partial charge in [0.2, 0.25) is 5.91 Å². The minimum absolute atomic E-state index is 0.0212. The van der Waals surface area contributed by atoms with Gasteiger partial charge in [-0.25, -0.2) is 4.79 Å². The minimum atomic E-state index is -0.198. The zero-order valence-electron chi connectivity index (χ0n) is 12.7. The maximum atomic E-state index is 12.6. The van der Waals surface area contributed by atoms with Gasteiger partial charge in [0, 0.05) is 19.0 Å². The van der Waals surface area contributed by atoms with Crippen LogP contribution < -0.4 is 5.73 Å². The van der Waals surface area contributed by atoms with Gasteiger partial charge in [0.05, 0.1) is 6.42 Å². The van der Waals surface area contributed by atoms with E-state index in [2.05, 4.69) is 18.9 Å². The first-order chi connectivity index (χ1) is 9.52. The summed E-state index contributed by atoms with van der Waals surface area (Å²) in [5.41, 5.74) is 5.40. The quantitative estimate of drug-likeness (QED) is 0.789. The maximum Gasteiger partial charge on any atom is 0.337 e. The fourth-order valence-electron chi connectivity index (χ4n) is 3.63. The second kappa shape index (κ2) is 6.22. The highest BCUT2D eigenvalue weighted by molar-refractivity contribution is 5.79. The lowest BCUT2D eigenvalue weighted by atomic mass is 9.96.